The summed E-state index contributed by atoms with van der Waals surface area (Å²) in [4.78, 5) is 13.3. The second-order valence-corrected chi connectivity index (χ2v) is 11.1. The molecule has 1 amide bonds. The Morgan fingerprint density at radius 2 is 1.75 bits per heavy atom. The molecule has 2 aliphatic rings. The Morgan fingerprint density at radius 1 is 1.00 bits per heavy atom. The van der Waals surface area contributed by atoms with E-state index in [1.54, 1.807) is 0 Å². The van der Waals surface area contributed by atoms with Gasteiger partial charge >= 0.3 is 0 Å². The summed E-state index contributed by atoms with van der Waals surface area (Å²) in [5.41, 5.74) is 11.1. The first-order valence-corrected chi connectivity index (χ1v) is 13.8. The van der Waals surface area contributed by atoms with Gasteiger partial charge in [-0.25, -0.2) is 0 Å². The van der Waals surface area contributed by atoms with Crippen molar-refractivity contribution in [1.82, 2.24) is 9.88 Å². The third-order valence-electron chi connectivity index (χ3n) is 8.35. The first-order chi connectivity index (χ1) is 17.1. The van der Waals surface area contributed by atoms with Crippen LogP contribution < -0.4 is 11.1 Å². The summed E-state index contributed by atoms with van der Waals surface area (Å²) in [5, 5.41) is 4.63. The zero-order valence-electron chi connectivity index (χ0n) is 21.6. The van der Waals surface area contributed by atoms with Crippen LogP contribution in [0.25, 0.3) is 10.9 Å². The average molecular weight is 508 g/mol. The molecule has 194 valence electrons. The van der Waals surface area contributed by atoms with Crippen molar-refractivity contribution >= 4 is 29.2 Å². The lowest BCUT2D eigenvalue weighted by Gasteiger charge is -2.27. The van der Waals surface area contributed by atoms with E-state index in [9.17, 15) is 4.79 Å². The number of rotatable bonds is 7. The molecule has 5 rings (SSSR count). The highest BCUT2D eigenvalue weighted by Gasteiger charge is 2.26. The van der Waals surface area contributed by atoms with Crippen molar-refractivity contribution in [2.75, 3.05) is 0 Å². The van der Waals surface area contributed by atoms with E-state index in [0.717, 1.165) is 38.1 Å². The third-order valence-corrected chi connectivity index (χ3v) is 8.35. The summed E-state index contributed by atoms with van der Waals surface area (Å²) in [7, 11) is 0. The molecule has 2 fully saturated rings. The van der Waals surface area contributed by atoms with E-state index >= 15 is 0 Å². The zero-order valence-corrected chi connectivity index (χ0v) is 22.4. The Labute approximate surface area is 222 Å². The monoisotopic (exact) mass is 507 g/mol. The van der Waals surface area contributed by atoms with Gasteiger partial charge in [0.05, 0.1) is 0 Å². The van der Waals surface area contributed by atoms with Crippen LogP contribution in [0, 0.1) is 12.8 Å². The molecular weight excluding hydrogens is 466 g/mol. The molecule has 0 radical (unpaired) electrons. The van der Waals surface area contributed by atoms with E-state index < -0.39 is 0 Å². The number of carbonyl (C=O) groups excluding carboxylic acids is 1. The summed E-state index contributed by atoms with van der Waals surface area (Å²) < 4.78 is 2.48. The second-order valence-electron chi connectivity index (χ2n) is 11.1. The van der Waals surface area contributed by atoms with Crippen LogP contribution in [0.1, 0.15) is 86.8 Å². The molecule has 0 spiro atoms. The van der Waals surface area contributed by atoms with E-state index in [2.05, 4.69) is 71.5 Å². The maximum absolute atomic E-state index is 13.3. The van der Waals surface area contributed by atoms with Crippen LogP contribution in [-0.2, 0) is 11.3 Å². The third kappa shape index (κ3) is 6.33. The number of nitrogens with two attached hydrogens (primary N) is 1. The van der Waals surface area contributed by atoms with Crippen LogP contribution in [0.4, 0.5) is 0 Å². The smallest absolute Gasteiger partial charge is 0.221 e. The normalized spacial score (nSPS) is 21.6. The fourth-order valence-corrected chi connectivity index (χ4v) is 6.38. The van der Waals surface area contributed by atoms with Gasteiger partial charge in [-0.3, -0.25) is 4.79 Å². The van der Waals surface area contributed by atoms with Crippen molar-refractivity contribution in [3.8, 4) is 0 Å². The Morgan fingerprint density at radius 3 is 2.50 bits per heavy atom. The van der Waals surface area contributed by atoms with E-state index in [1.807, 2.05) is 0 Å². The lowest BCUT2D eigenvalue weighted by Crippen LogP contribution is -2.40. The fourth-order valence-electron chi connectivity index (χ4n) is 6.38. The van der Waals surface area contributed by atoms with Gasteiger partial charge in [-0.2, -0.15) is 0 Å². The van der Waals surface area contributed by atoms with Crippen molar-refractivity contribution in [3.05, 3.63) is 71.4 Å². The highest BCUT2D eigenvalue weighted by molar-refractivity contribution is 5.87. The lowest BCUT2D eigenvalue weighted by molar-refractivity contribution is -0.122. The minimum absolute atomic E-state index is 0. The molecule has 2 aliphatic carbocycles. The largest absolute Gasteiger partial charge is 0.353 e. The molecule has 1 heterocycles. The van der Waals surface area contributed by atoms with Crippen LogP contribution in [0.5, 0.6) is 0 Å². The number of hydrogen-bond donors (Lipinski definition) is 2. The van der Waals surface area contributed by atoms with Gasteiger partial charge in [-0.05, 0) is 68.6 Å². The predicted molar refractivity (Wildman–Crippen MR) is 152 cm³/mol. The highest BCUT2D eigenvalue weighted by Crippen LogP contribution is 2.36. The molecule has 4 nitrogen and oxygen atoms in total. The average Bonchev–Trinajstić information content (AvgIpc) is 3.23. The van der Waals surface area contributed by atoms with Crippen molar-refractivity contribution in [2.24, 2.45) is 11.7 Å². The number of fused-ring (bicyclic) bond motifs is 1. The predicted octanol–water partition coefficient (Wildman–Crippen LogP) is 6.86. The molecule has 1 unspecified atom stereocenters. The van der Waals surface area contributed by atoms with E-state index in [0.29, 0.717) is 12.5 Å². The highest BCUT2D eigenvalue weighted by atomic mass is 35.5. The van der Waals surface area contributed by atoms with Gasteiger partial charge in [0.2, 0.25) is 5.91 Å². The number of nitrogens with one attached hydrogen (secondary N) is 1. The molecule has 2 saturated carbocycles. The van der Waals surface area contributed by atoms with Crippen molar-refractivity contribution in [1.29, 1.82) is 0 Å². The minimum atomic E-state index is 0. The van der Waals surface area contributed by atoms with Crippen LogP contribution in [0.2, 0.25) is 0 Å². The lowest BCUT2D eigenvalue weighted by atomic mass is 9.86. The Hall–Kier alpha value is -2.30. The SMILES string of the molecule is Cc1cccc(C(CC(=O)NC2CCC(N)CC2)c2cn(CC3CCCCC3)c3ccccc23)c1.Cl. The topological polar surface area (TPSA) is 60.1 Å². The molecule has 0 aliphatic heterocycles. The zero-order chi connectivity index (χ0) is 24.2. The summed E-state index contributed by atoms with van der Waals surface area (Å²) >= 11 is 0. The summed E-state index contributed by atoms with van der Waals surface area (Å²) in [6, 6.07) is 18.0. The quantitative estimate of drug-likeness (QED) is 0.367. The molecule has 36 heavy (non-hydrogen) atoms. The van der Waals surface area contributed by atoms with Crippen LogP contribution in [0.3, 0.4) is 0 Å². The molecule has 0 bridgehead atoms. The van der Waals surface area contributed by atoms with Gasteiger partial charge in [0, 0.05) is 48.1 Å². The molecule has 1 atom stereocenters. The van der Waals surface area contributed by atoms with E-state index in [1.165, 1.54) is 59.7 Å². The number of para-hydroxylation sites is 1. The Balaban J connectivity index is 0.00000304. The number of nitrogens with zero attached hydrogens (tertiary/aromatic N) is 1. The molecular formula is C31H42ClN3O. The number of benzene rings is 2. The molecule has 5 heteroatoms. The number of carbonyl (C=O) groups is 1. The van der Waals surface area contributed by atoms with E-state index in [4.69, 9.17) is 5.73 Å². The molecule has 0 saturated heterocycles. The van der Waals surface area contributed by atoms with Gasteiger partial charge < -0.3 is 15.6 Å². The van der Waals surface area contributed by atoms with Gasteiger partial charge in [0.1, 0.15) is 0 Å². The number of amides is 1. The molecule has 3 N–H and O–H groups in total. The van der Waals surface area contributed by atoms with Gasteiger partial charge in [-0.15, -0.1) is 12.4 Å². The standard InChI is InChI=1S/C31H41N3O.ClH/c1-22-8-7-11-24(18-22)28(19-31(35)33-26-16-14-25(32)15-17-26)29-21-34(20-23-9-3-2-4-10-23)30-13-6-5-12-27(29)30;/h5-8,11-13,18,21,23,25-26,28H,2-4,9-10,14-17,19-20,32H2,1H3,(H,33,35);1H. The summed E-state index contributed by atoms with van der Waals surface area (Å²) in [6.45, 7) is 3.22. The number of hydrogen-bond acceptors (Lipinski definition) is 2. The second kappa shape index (κ2) is 12.3. The molecule has 2 aromatic carbocycles. The van der Waals surface area contributed by atoms with Crippen molar-refractivity contribution in [2.45, 2.75) is 95.7 Å². The molecule has 3 aromatic rings. The summed E-state index contributed by atoms with van der Waals surface area (Å²) in [6.07, 6.45) is 13.6. The number of halogens is 1. The molecule has 1 aromatic heterocycles. The van der Waals surface area contributed by atoms with Gasteiger partial charge in [0.15, 0.2) is 0 Å². The maximum Gasteiger partial charge on any atom is 0.221 e. The fraction of sp³-hybridized carbons (Fsp3) is 0.516. The van der Waals surface area contributed by atoms with Gasteiger partial charge in [0.25, 0.3) is 0 Å². The van der Waals surface area contributed by atoms with Crippen LogP contribution >= 0.6 is 12.4 Å². The van der Waals surface area contributed by atoms with Crippen LogP contribution in [0.15, 0.2) is 54.7 Å². The minimum Gasteiger partial charge on any atom is -0.353 e. The number of aromatic nitrogens is 1. The first kappa shape index (κ1) is 26.8. The van der Waals surface area contributed by atoms with Crippen LogP contribution in [-0.4, -0.2) is 22.6 Å². The van der Waals surface area contributed by atoms with Gasteiger partial charge in [-0.1, -0.05) is 67.3 Å². The van der Waals surface area contributed by atoms with Crippen molar-refractivity contribution in [3.63, 3.8) is 0 Å². The van der Waals surface area contributed by atoms with E-state index in [-0.39, 0.29) is 30.3 Å². The Bertz CT molecular complexity index is 1140. The van der Waals surface area contributed by atoms with Crippen molar-refractivity contribution < 1.29 is 4.79 Å². The first-order valence-electron chi connectivity index (χ1n) is 13.8. The maximum atomic E-state index is 13.3. The Kier molecular flexibility index (Phi) is 9.14. The number of aryl methyl sites for hydroxylation is 1. The summed E-state index contributed by atoms with van der Waals surface area (Å²) in [5.74, 6) is 0.949.